The minimum absolute atomic E-state index is 0.114. The van der Waals surface area contributed by atoms with Gasteiger partial charge in [0.2, 0.25) is 0 Å². The summed E-state index contributed by atoms with van der Waals surface area (Å²) in [5.74, 6) is 10.7. The quantitative estimate of drug-likeness (QED) is 0.466. The molecule has 0 bridgehead atoms. The molecule has 15 heavy (non-hydrogen) atoms. The predicted molar refractivity (Wildman–Crippen MR) is 60.0 cm³/mol. The van der Waals surface area contributed by atoms with Gasteiger partial charge in [-0.15, -0.1) is 0 Å². The third-order valence-electron chi connectivity index (χ3n) is 1.90. The molecule has 0 atom stereocenters. The van der Waals surface area contributed by atoms with E-state index in [0.29, 0.717) is 12.1 Å². The first-order valence-electron chi connectivity index (χ1n) is 4.20. The molecule has 0 heterocycles. The van der Waals surface area contributed by atoms with E-state index < -0.39 is 0 Å². The maximum Gasteiger partial charge on any atom is 0.171 e. The second-order valence-electron chi connectivity index (χ2n) is 2.97. The second kappa shape index (κ2) is 5.89. The summed E-state index contributed by atoms with van der Waals surface area (Å²) >= 11 is 0. The summed E-state index contributed by atoms with van der Waals surface area (Å²) in [5.41, 5.74) is 1.62. The van der Waals surface area contributed by atoms with Gasteiger partial charge < -0.3 is 0 Å². The van der Waals surface area contributed by atoms with E-state index in [4.69, 9.17) is 11.7 Å². The molecule has 5 nitrogen and oxygen atoms in total. The van der Waals surface area contributed by atoms with Crippen LogP contribution in [0.15, 0.2) is 24.3 Å². The van der Waals surface area contributed by atoms with Crippen molar-refractivity contribution in [3.63, 3.8) is 0 Å². The van der Waals surface area contributed by atoms with Crippen LogP contribution >= 0.6 is 16.9 Å². The fourth-order valence-corrected chi connectivity index (χ4v) is 1.83. The number of benzene rings is 1. The lowest BCUT2D eigenvalue weighted by Gasteiger charge is -2.11. The predicted octanol–water partition coefficient (Wildman–Crippen LogP) is 1.69. The molecule has 0 fully saturated rings. The van der Waals surface area contributed by atoms with Crippen molar-refractivity contribution >= 4 is 22.6 Å². The van der Waals surface area contributed by atoms with Crippen LogP contribution in [0.1, 0.15) is 5.56 Å². The van der Waals surface area contributed by atoms with Gasteiger partial charge in [-0.05, 0) is 24.1 Å². The Morgan fingerprint density at radius 2 is 1.67 bits per heavy atom. The Kier molecular flexibility index (Phi) is 4.79. The molecule has 0 aliphatic rings. The lowest BCUT2D eigenvalue weighted by Crippen LogP contribution is -2.37. The van der Waals surface area contributed by atoms with Gasteiger partial charge >= 0.3 is 0 Å². The highest BCUT2D eigenvalue weighted by Crippen LogP contribution is 2.24. The zero-order chi connectivity index (χ0) is 11.3. The molecule has 7 heteroatoms. The molecule has 80 valence electrons. The molecule has 0 saturated carbocycles. The molecule has 0 unspecified atom stereocenters. The maximum atomic E-state index is 10.6. The SMILES string of the molecule is NN(N)c1ccc(CC(P=O)P=O)cc1. The van der Waals surface area contributed by atoms with Crippen molar-refractivity contribution in [2.45, 2.75) is 11.8 Å². The summed E-state index contributed by atoms with van der Waals surface area (Å²) in [6.07, 6.45) is 0.492. The van der Waals surface area contributed by atoms with Gasteiger partial charge in [-0.1, -0.05) is 12.1 Å². The first kappa shape index (κ1) is 12.2. The molecule has 1 aromatic carbocycles. The monoisotopic (exact) mass is 243 g/mol. The normalized spacial score (nSPS) is 12.9. The Bertz CT molecular complexity index is 334. The van der Waals surface area contributed by atoms with Crippen LogP contribution < -0.4 is 16.8 Å². The molecule has 0 aliphatic heterocycles. The molecule has 0 radical (unpaired) electrons. The summed E-state index contributed by atoms with van der Waals surface area (Å²) in [6.45, 7) is 0. The van der Waals surface area contributed by atoms with Crippen LogP contribution in [0.3, 0.4) is 0 Å². The first-order chi connectivity index (χ1) is 7.17. The number of hydrogen-bond donors (Lipinski definition) is 2. The van der Waals surface area contributed by atoms with Crippen molar-refractivity contribution in [1.29, 1.82) is 0 Å². The van der Waals surface area contributed by atoms with Crippen LogP contribution in [0.5, 0.6) is 0 Å². The molecule has 4 N–H and O–H groups in total. The van der Waals surface area contributed by atoms with Crippen molar-refractivity contribution in [3.05, 3.63) is 29.8 Å². The molecule has 0 aromatic heterocycles. The van der Waals surface area contributed by atoms with Gasteiger partial charge in [-0.3, -0.25) is 9.13 Å². The van der Waals surface area contributed by atoms with E-state index >= 15 is 0 Å². The van der Waals surface area contributed by atoms with Gasteiger partial charge in [0.1, 0.15) is 5.40 Å². The van der Waals surface area contributed by atoms with E-state index in [1.165, 1.54) is 0 Å². The van der Waals surface area contributed by atoms with E-state index in [9.17, 15) is 9.13 Å². The van der Waals surface area contributed by atoms with E-state index in [-0.39, 0.29) is 22.3 Å². The van der Waals surface area contributed by atoms with Gasteiger partial charge in [0.25, 0.3) is 0 Å². The van der Waals surface area contributed by atoms with Gasteiger partial charge in [-0.2, -0.15) is 0 Å². The third kappa shape index (κ3) is 3.65. The minimum Gasteiger partial charge on any atom is -0.274 e. The van der Waals surface area contributed by atoms with Gasteiger partial charge in [-0.25, -0.2) is 16.8 Å². The Hall–Kier alpha value is -0.860. The fourth-order valence-electron chi connectivity index (χ4n) is 1.11. The number of rotatable bonds is 5. The second-order valence-corrected chi connectivity index (χ2v) is 5.04. The van der Waals surface area contributed by atoms with E-state index in [0.717, 1.165) is 10.7 Å². The molecule has 1 rings (SSSR count). The molecule has 0 spiro atoms. The number of nitrogens with zero attached hydrogens (tertiary/aromatic N) is 1. The molecule has 0 aliphatic carbocycles. The molecular formula is C8H11N3O2P2. The number of hydrogen-bond acceptors (Lipinski definition) is 5. The lowest BCUT2D eigenvalue weighted by atomic mass is 10.1. The van der Waals surface area contributed by atoms with Gasteiger partial charge in [0.05, 0.1) is 5.69 Å². The van der Waals surface area contributed by atoms with Crippen molar-refractivity contribution in [3.8, 4) is 0 Å². The van der Waals surface area contributed by atoms with Crippen molar-refractivity contribution < 1.29 is 9.13 Å². The van der Waals surface area contributed by atoms with Crippen LogP contribution in [0.25, 0.3) is 0 Å². The highest BCUT2D eigenvalue weighted by atomic mass is 31.1. The van der Waals surface area contributed by atoms with Gasteiger partial charge in [0.15, 0.2) is 16.9 Å². The smallest absolute Gasteiger partial charge is 0.171 e. The fraction of sp³-hybridized carbons (Fsp3) is 0.250. The highest BCUT2D eigenvalue weighted by Gasteiger charge is 2.09. The van der Waals surface area contributed by atoms with E-state index in [2.05, 4.69) is 0 Å². The standard InChI is InChI=1S/C8H11N3O2P2/c9-11(10)7-3-1-6(2-4-7)5-8(14-12)15-13/h1-4,8H,5,9-10H2. The molecule has 1 aromatic rings. The molecule has 0 saturated heterocycles. The number of nitrogens with two attached hydrogens (primary N) is 2. The summed E-state index contributed by atoms with van der Waals surface area (Å²) in [5, 5.41) is 0.626. The number of hydrazine groups is 2. The minimum atomic E-state index is -0.386. The average Bonchev–Trinajstić information content (AvgIpc) is 2.26. The van der Waals surface area contributed by atoms with Gasteiger partial charge in [0, 0.05) is 0 Å². The van der Waals surface area contributed by atoms with Crippen LogP contribution in [-0.4, -0.2) is 5.40 Å². The zero-order valence-electron chi connectivity index (χ0n) is 7.91. The lowest BCUT2D eigenvalue weighted by molar-refractivity contribution is 0.587. The average molecular weight is 243 g/mol. The van der Waals surface area contributed by atoms with Crippen molar-refractivity contribution in [1.82, 2.24) is 0 Å². The van der Waals surface area contributed by atoms with Crippen LogP contribution in [0.2, 0.25) is 0 Å². The topological polar surface area (TPSA) is 89.4 Å². The van der Waals surface area contributed by atoms with Crippen LogP contribution in [-0.2, 0) is 15.6 Å². The summed E-state index contributed by atoms with van der Waals surface area (Å²) in [6, 6.07) is 7.11. The van der Waals surface area contributed by atoms with Crippen molar-refractivity contribution in [2.24, 2.45) is 11.7 Å². The Balaban J connectivity index is 2.71. The zero-order valence-corrected chi connectivity index (χ0v) is 9.70. The Labute approximate surface area is 90.8 Å². The van der Waals surface area contributed by atoms with E-state index in [1.807, 2.05) is 12.1 Å². The highest BCUT2D eigenvalue weighted by molar-refractivity contribution is 7.44. The number of anilines is 1. The van der Waals surface area contributed by atoms with Crippen LogP contribution in [0.4, 0.5) is 5.69 Å². The summed E-state index contributed by atoms with van der Waals surface area (Å²) < 4.78 is 21.1. The summed E-state index contributed by atoms with van der Waals surface area (Å²) in [4.78, 5) is 0. The molecular weight excluding hydrogens is 232 g/mol. The first-order valence-corrected chi connectivity index (χ1v) is 5.97. The Morgan fingerprint density at radius 1 is 1.13 bits per heavy atom. The molecule has 0 amide bonds. The Morgan fingerprint density at radius 3 is 2.07 bits per heavy atom. The third-order valence-corrected chi connectivity index (χ3v) is 3.31. The van der Waals surface area contributed by atoms with Crippen molar-refractivity contribution in [2.75, 3.05) is 5.12 Å². The maximum absolute atomic E-state index is 10.6. The summed E-state index contributed by atoms with van der Waals surface area (Å²) in [7, 11) is -0.227. The van der Waals surface area contributed by atoms with E-state index in [1.54, 1.807) is 12.1 Å². The van der Waals surface area contributed by atoms with Crippen LogP contribution in [0, 0.1) is 0 Å². The largest absolute Gasteiger partial charge is 0.274 e.